The average molecular weight is 419 g/mol. The van der Waals surface area contributed by atoms with Gasteiger partial charge in [0, 0.05) is 24.4 Å². The molecule has 0 unspecified atom stereocenters. The van der Waals surface area contributed by atoms with Gasteiger partial charge >= 0.3 is 0 Å². The van der Waals surface area contributed by atoms with Crippen LogP contribution in [-0.4, -0.2) is 28.2 Å². The molecule has 3 rings (SSSR count). The zero-order valence-electron chi connectivity index (χ0n) is 15.3. The van der Waals surface area contributed by atoms with E-state index in [4.69, 9.17) is 5.73 Å². The minimum Gasteiger partial charge on any atom is -0.399 e. The van der Waals surface area contributed by atoms with Crippen molar-refractivity contribution in [3.8, 4) is 0 Å². The lowest BCUT2D eigenvalue weighted by molar-refractivity contribution is -0.120. The van der Waals surface area contributed by atoms with Crippen LogP contribution >= 0.6 is 24.2 Å². The predicted octanol–water partition coefficient (Wildman–Crippen LogP) is 2.91. The molecule has 1 amide bonds. The van der Waals surface area contributed by atoms with Crippen molar-refractivity contribution in [1.82, 2.24) is 15.3 Å². The summed E-state index contributed by atoms with van der Waals surface area (Å²) in [7, 11) is 0. The number of nitrogens with one attached hydrogen (secondary N) is 2. The molecule has 0 spiro atoms. The number of carbonyl (C=O) groups excluding carboxylic acids is 1. The molecule has 0 aliphatic heterocycles. The molecule has 8 heteroatoms. The molecule has 4 N–H and O–H groups in total. The van der Waals surface area contributed by atoms with Gasteiger partial charge in [0.1, 0.15) is 5.82 Å². The van der Waals surface area contributed by atoms with Crippen molar-refractivity contribution in [3.63, 3.8) is 0 Å². The van der Waals surface area contributed by atoms with Crippen molar-refractivity contribution in [2.24, 2.45) is 0 Å². The lowest BCUT2D eigenvalue weighted by Crippen LogP contribution is -2.25. The molecular formula is C20H23ClN4O2S. The SMILES string of the molecule is Cl.Nc1ccc(CCNC(=O)CCSCc2nc3ccccc3c(=O)[nH]2)cc1. The Bertz CT molecular complexity index is 976. The van der Waals surface area contributed by atoms with Crippen molar-refractivity contribution in [2.45, 2.75) is 18.6 Å². The standard InChI is InChI=1S/C20H22N4O2S.ClH/c21-15-7-5-14(6-8-15)9-11-22-19(25)10-12-27-13-18-23-17-4-2-1-3-16(17)20(26)24-18;/h1-8H,9-13,21H2,(H,22,25)(H,23,24,26);1H. The number of aromatic amines is 1. The van der Waals surface area contributed by atoms with E-state index >= 15 is 0 Å². The number of nitrogen functional groups attached to an aromatic ring is 1. The zero-order valence-corrected chi connectivity index (χ0v) is 16.9. The molecule has 1 heterocycles. The molecule has 6 nitrogen and oxygen atoms in total. The fraction of sp³-hybridized carbons (Fsp3) is 0.250. The number of carbonyl (C=O) groups is 1. The first-order valence-electron chi connectivity index (χ1n) is 8.78. The fourth-order valence-corrected chi connectivity index (χ4v) is 3.46. The molecule has 28 heavy (non-hydrogen) atoms. The highest BCUT2D eigenvalue weighted by Gasteiger charge is 2.05. The Kier molecular flexibility index (Phi) is 8.35. The third-order valence-electron chi connectivity index (χ3n) is 4.09. The zero-order chi connectivity index (χ0) is 19.1. The minimum absolute atomic E-state index is 0. The lowest BCUT2D eigenvalue weighted by Gasteiger charge is -2.06. The number of halogens is 1. The number of hydrogen-bond acceptors (Lipinski definition) is 5. The number of H-pyrrole nitrogens is 1. The molecule has 0 saturated carbocycles. The summed E-state index contributed by atoms with van der Waals surface area (Å²) in [6.45, 7) is 0.604. The third-order valence-corrected chi connectivity index (χ3v) is 5.06. The Balaban J connectivity index is 0.00000280. The smallest absolute Gasteiger partial charge is 0.258 e. The third kappa shape index (κ3) is 6.28. The summed E-state index contributed by atoms with van der Waals surface area (Å²) in [4.78, 5) is 31.2. The van der Waals surface area contributed by atoms with E-state index in [0.29, 0.717) is 41.2 Å². The Morgan fingerprint density at radius 3 is 2.68 bits per heavy atom. The maximum Gasteiger partial charge on any atom is 0.258 e. The number of rotatable bonds is 8. The number of amides is 1. The fourth-order valence-electron chi connectivity index (χ4n) is 2.66. The van der Waals surface area contributed by atoms with Gasteiger partial charge in [0.2, 0.25) is 5.91 Å². The van der Waals surface area contributed by atoms with Crippen LogP contribution in [0.25, 0.3) is 10.9 Å². The minimum atomic E-state index is -0.128. The number of hydrogen-bond donors (Lipinski definition) is 3. The number of para-hydroxylation sites is 1. The molecule has 0 radical (unpaired) electrons. The van der Waals surface area contributed by atoms with Crippen LogP contribution in [0.2, 0.25) is 0 Å². The molecule has 0 saturated heterocycles. The summed E-state index contributed by atoms with van der Waals surface area (Å²) in [6.07, 6.45) is 1.21. The summed E-state index contributed by atoms with van der Waals surface area (Å²) in [5, 5.41) is 3.51. The summed E-state index contributed by atoms with van der Waals surface area (Å²) >= 11 is 1.58. The number of aromatic nitrogens is 2. The number of anilines is 1. The van der Waals surface area contributed by atoms with E-state index in [1.54, 1.807) is 17.8 Å². The van der Waals surface area contributed by atoms with Gasteiger partial charge in [-0.3, -0.25) is 9.59 Å². The van der Waals surface area contributed by atoms with Crippen LogP contribution in [0.5, 0.6) is 0 Å². The van der Waals surface area contributed by atoms with Crippen LogP contribution in [0.3, 0.4) is 0 Å². The van der Waals surface area contributed by atoms with Gasteiger partial charge in [-0.1, -0.05) is 24.3 Å². The summed E-state index contributed by atoms with van der Waals surface area (Å²) in [6, 6.07) is 14.9. The topological polar surface area (TPSA) is 101 Å². The second-order valence-corrected chi connectivity index (χ2v) is 7.28. The lowest BCUT2D eigenvalue weighted by atomic mass is 10.1. The van der Waals surface area contributed by atoms with E-state index in [2.05, 4.69) is 15.3 Å². The number of nitrogens with two attached hydrogens (primary N) is 1. The molecule has 0 atom stereocenters. The molecule has 0 bridgehead atoms. The first kappa shape index (κ1) is 21.8. The number of fused-ring (bicyclic) bond motifs is 1. The highest BCUT2D eigenvalue weighted by Crippen LogP contribution is 2.12. The van der Waals surface area contributed by atoms with E-state index in [0.717, 1.165) is 17.7 Å². The Hall–Kier alpha value is -2.51. The average Bonchev–Trinajstić information content (AvgIpc) is 2.67. The summed E-state index contributed by atoms with van der Waals surface area (Å²) in [5.74, 6) is 1.90. The maximum atomic E-state index is 12.0. The molecule has 1 aromatic heterocycles. The normalized spacial score (nSPS) is 10.4. The van der Waals surface area contributed by atoms with Crippen LogP contribution in [0.4, 0.5) is 5.69 Å². The Morgan fingerprint density at radius 1 is 1.14 bits per heavy atom. The van der Waals surface area contributed by atoms with E-state index in [1.165, 1.54) is 0 Å². The molecule has 148 valence electrons. The first-order chi connectivity index (χ1) is 13.1. The van der Waals surface area contributed by atoms with Gasteiger partial charge < -0.3 is 16.0 Å². The van der Waals surface area contributed by atoms with Gasteiger partial charge in [0.15, 0.2) is 0 Å². The largest absolute Gasteiger partial charge is 0.399 e. The molecule has 0 fully saturated rings. The Morgan fingerprint density at radius 2 is 1.89 bits per heavy atom. The van der Waals surface area contributed by atoms with Gasteiger partial charge in [-0.25, -0.2) is 4.98 Å². The molecular weight excluding hydrogens is 396 g/mol. The maximum absolute atomic E-state index is 12.0. The van der Waals surface area contributed by atoms with E-state index in [-0.39, 0.29) is 23.9 Å². The number of thioether (sulfide) groups is 1. The second kappa shape index (κ2) is 10.7. The van der Waals surface area contributed by atoms with E-state index in [1.807, 2.05) is 42.5 Å². The van der Waals surface area contributed by atoms with Crippen molar-refractivity contribution < 1.29 is 4.79 Å². The van der Waals surface area contributed by atoms with Crippen LogP contribution < -0.4 is 16.6 Å². The van der Waals surface area contributed by atoms with Crippen molar-refractivity contribution in [3.05, 3.63) is 70.3 Å². The number of nitrogens with zero attached hydrogens (tertiary/aromatic N) is 1. The van der Waals surface area contributed by atoms with E-state index in [9.17, 15) is 9.59 Å². The van der Waals surface area contributed by atoms with Crippen molar-refractivity contribution in [2.75, 3.05) is 18.0 Å². The van der Waals surface area contributed by atoms with Gasteiger partial charge in [0.25, 0.3) is 5.56 Å². The van der Waals surface area contributed by atoms with Gasteiger partial charge in [0.05, 0.1) is 16.7 Å². The van der Waals surface area contributed by atoms with Crippen LogP contribution in [0, 0.1) is 0 Å². The van der Waals surface area contributed by atoms with E-state index < -0.39 is 0 Å². The van der Waals surface area contributed by atoms with Crippen LogP contribution in [0.1, 0.15) is 17.8 Å². The summed E-state index contributed by atoms with van der Waals surface area (Å²) < 4.78 is 0. The highest BCUT2D eigenvalue weighted by atomic mass is 35.5. The Labute approximate surface area is 173 Å². The first-order valence-corrected chi connectivity index (χ1v) is 9.94. The summed E-state index contributed by atoms with van der Waals surface area (Å²) in [5.41, 5.74) is 8.10. The van der Waals surface area contributed by atoms with Gasteiger partial charge in [-0.2, -0.15) is 11.8 Å². The van der Waals surface area contributed by atoms with Crippen LogP contribution in [-0.2, 0) is 17.0 Å². The van der Waals surface area contributed by atoms with Gasteiger partial charge in [-0.15, -0.1) is 12.4 Å². The quantitative estimate of drug-likeness (QED) is 0.385. The van der Waals surface area contributed by atoms with Crippen molar-refractivity contribution >= 4 is 46.7 Å². The van der Waals surface area contributed by atoms with Crippen molar-refractivity contribution in [1.29, 1.82) is 0 Å². The molecule has 2 aromatic carbocycles. The van der Waals surface area contributed by atoms with Crippen LogP contribution in [0.15, 0.2) is 53.3 Å². The second-order valence-electron chi connectivity index (χ2n) is 6.17. The monoisotopic (exact) mass is 418 g/mol. The molecule has 0 aliphatic carbocycles. The number of benzene rings is 2. The highest BCUT2D eigenvalue weighted by molar-refractivity contribution is 7.98. The van der Waals surface area contributed by atoms with Gasteiger partial charge in [-0.05, 0) is 36.2 Å². The molecule has 3 aromatic rings. The molecule has 0 aliphatic rings. The predicted molar refractivity (Wildman–Crippen MR) is 118 cm³/mol.